The Hall–Kier alpha value is -1.80. The second kappa shape index (κ2) is 9.23. The summed E-state index contributed by atoms with van der Waals surface area (Å²) >= 11 is -2.61. The van der Waals surface area contributed by atoms with E-state index in [9.17, 15) is 0 Å². The van der Waals surface area contributed by atoms with Crippen molar-refractivity contribution < 1.29 is 0 Å². The summed E-state index contributed by atoms with van der Waals surface area (Å²) in [4.78, 5) is 0. The van der Waals surface area contributed by atoms with E-state index < -0.39 is 18.4 Å². The summed E-state index contributed by atoms with van der Waals surface area (Å²) in [6, 6.07) is 33.3. The Morgan fingerprint density at radius 1 is 0.615 bits per heavy atom. The molecule has 3 rings (SSSR count). The quantitative estimate of drug-likeness (QED) is 0.279. The Morgan fingerprint density at radius 2 is 0.923 bits per heavy atom. The van der Waals surface area contributed by atoms with Gasteiger partial charge in [-0.15, -0.1) is 0 Å². The predicted molar refractivity (Wildman–Crippen MR) is 116 cm³/mol. The van der Waals surface area contributed by atoms with Crippen molar-refractivity contribution >= 4 is 18.4 Å². The van der Waals surface area contributed by atoms with Gasteiger partial charge < -0.3 is 0 Å². The summed E-state index contributed by atoms with van der Waals surface area (Å²) < 4.78 is 5.05. The summed E-state index contributed by atoms with van der Waals surface area (Å²) in [6.45, 7) is 6.53. The Labute approximate surface area is 162 Å². The third-order valence-corrected chi connectivity index (χ3v) is 18.7. The van der Waals surface area contributed by atoms with Gasteiger partial charge in [-0.3, -0.25) is 0 Å². The Kier molecular flexibility index (Phi) is 6.73. The van der Waals surface area contributed by atoms with Crippen LogP contribution in [0.1, 0.15) is 23.6 Å². The first-order chi connectivity index (χ1) is 12.7. The van der Waals surface area contributed by atoms with Gasteiger partial charge in [0.15, 0.2) is 0 Å². The molecule has 0 saturated heterocycles. The Morgan fingerprint density at radius 3 is 1.19 bits per heavy atom. The first-order valence-electron chi connectivity index (χ1n) is 9.41. The van der Waals surface area contributed by atoms with Crippen LogP contribution in [0.5, 0.6) is 0 Å². The van der Waals surface area contributed by atoms with Gasteiger partial charge in [0, 0.05) is 0 Å². The molecule has 0 N–H and O–H groups in total. The fourth-order valence-electron chi connectivity index (χ4n) is 4.10. The van der Waals surface area contributed by atoms with Gasteiger partial charge in [0.25, 0.3) is 0 Å². The third-order valence-electron chi connectivity index (χ3n) is 4.94. The molecule has 0 atom stereocenters. The third kappa shape index (κ3) is 5.60. The van der Waals surface area contributed by atoms with Crippen molar-refractivity contribution in [3.63, 3.8) is 0 Å². The van der Waals surface area contributed by atoms with E-state index in [-0.39, 0.29) is 0 Å². The zero-order chi connectivity index (χ0) is 18.2. The van der Waals surface area contributed by atoms with E-state index in [0.717, 1.165) is 0 Å². The molecule has 0 fully saturated rings. The van der Waals surface area contributed by atoms with Crippen LogP contribution < -0.4 is 0 Å². The maximum absolute atomic E-state index is 4.32. The van der Waals surface area contributed by atoms with Crippen molar-refractivity contribution in [2.24, 2.45) is 0 Å². The average Bonchev–Trinajstić information content (AvgIpc) is 2.63. The van der Waals surface area contributed by atoms with Crippen LogP contribution in [-0.4, -0.2) is 18.4 Å². The van der Waals surface area contributed by atoms with Crippen LogP contribution in [0.15, 0.2) is 103 Å². The van der Waals surface area contributed by atoms with Gasteiger partial charge in [0.2, 0.25) is 0 Å². The molecule has 3 aromatic rings. The molecular formula is C25H28Sn. The number of hydrogen-bond donors (Lipinski definition) is 0. The van der Waals surface area contributed by atoms with Crippen LogP contribution in [0.2, 0.25) is 4.44 Å². The van der Waals surface area contributed by atoms with Gasteiger partial charge in [-0.05, 0) is 0 Å². The molecular weight excluding hydrogens is 419 g/mol. The van der Waals surface area contributed by atoms with Crippen LogP contribution >= 0.6 is 0 Å². The standard InChI is InChI=1S/3C7H7.C4H7.Sn/c3*1-7-5-3-2-4-6-7;1-4(2)3;/h3*2-6H,1H2;1-2H2,3H3;. The molecule has 0 aliphatic carbocycles. The average molecular weight is 447 g/mol. The molecule has 3 aromatic carbocycles. The molecule has 1 heteroatoms. The van der Waals surface area contributed by atoms with Gasteiger partial charge in [-0.25, -0.2) is 0 Å². The van der Waals surface area contributed by atoms with E-state index in [1.54, 1.807) is 0 Å². The molecule has 0 unspecified atom stereocenters. The van der Waals surface area contributed by atoms with Gasteiger partial charge in [0.05, 0.1) is 0 Å². The monoisotopic (exact) mass is 448 g/mol. The van der Waals surface area contributed by atoms with Crippen molar-refractivity contribution in [1.29, 1.82) is 0 Å². The van der Waals surface area contributed by atoms with E-state index in [1.807, 2.05) is 0 Å². The molecule has 132 valence electrons. The van der Waals surface area contributed by atoms with Crippen molar-refractivity contribution in [3.05, 3.63) is 120 Å². The Bertz CT molecular complexity index is 705. The summed E-state index contributed by atoms with van der Waals surface area (Å²) in [5.41, 5.74) is 5.84. The summed E-state index contributed by atoms with van der Waals surface area (Å²) in [5, 5.41) is 0. The maximum atomic E-state index is 4.32. The molecule has 0 nitrogen and oxygen atoms in total. The molecule has 0 aliphatic rings. The van der Waals surface area contributed by atoms with Gasteiger partial charge in [0.1, 0.15) is 0 Å². The Balaban J connectivity index is 1.98. The molecule has 0 spiro atoms. The minimum atomic E-state index is -2.61. The first kappa shape index (κ1) is 19.0. The van der Waals surface area contributed by atoms with Crippen LogP contribution in [-0.2, 0) is 13.3 Å². The second-order valence-electron chi connectivity index (χ2n) is 7.62. The second-order valence-corrected chi connectivity index (χ2v) is 20.2. The SMILES string of the molecule is C=C(C)[CH2][Sn]([CH2]c1ccccc1)([CH2]c1ccccc1)[CH2]c1ccccc1. The fraction of sp³-hybridized carbons (Fsp3) is 0.200. The zero-order valence-corrected chi connectivity index (χ0v) is 18.5. The first-order valence-corrected chi connectivity index (χ1v) is 17.5. The van der Waals surface area contributed by atoms with Crippen LogP contribution in [0.3, 0.4) is 0 Å². The van der Waals surface area contributed by atoms with Gasteiger partial charge in [-0.2, -0.15) is 0 Å². The molecule has 0 saturated carbocycles. The van der Waals surface area contributed by atoms with Crippen LogP contribution in [0, 0.1) is 0 Å². The van der Waals surface area contributed by atoms with E-state index >= 15 is 0 Å². The van der Waals surface area contributed by atoms with E-state index in [4.69, 9.17) is 0 Å². The zero-order valence-electron chi connectivity index (χ0n) is 15.7. The molecule has 0 amide bonds. The van der Waals surface area contributed by atoms with Crippen molar-refractivity contribution in [2.45, 2.75) is 24.7 Å². The molecule has 0 aromatic heterocycles. The van der Waals surface area contributed by atoms with Crippen LogP contribution in [0.25, 0.3) is 0 Å². The number of rotatable bonds is 8. The van der Waals surface area contributed by atoms with E-state index in [2.05, 4.69) is 104 Å². The molecule has 26 heavy (non-hydrogen) atoms. The van der Waals surface area contributed by atoms with Gasteiger partial charge >= 0.3 is 163 Å². The van der Waals surface area contributed by atoms with Crippen molar-refractivity contribution in [3.8, 4) is 0 Å². The van der Waals surface area contributed by atoms with E-state index in [0.29, 0.717) is 0 Å². The number of allylic oxidation sites excluding steroid dienone is 1. The topological polar surface area (TPSA) is 0 Å². The summed E-state index contributed by atoms with van der Waals surface area (Å²) in [6.07, 6.45) is 0. The molecule has 0 aliphatic heterocycles. The normalized spacial score (nSPS) is 11.3. The molecule has 0 bridgehead atoms. The van der Waals surface area contributed by atoms with Gasteiger partial charge in [-0.1, -0.05) is 0 Å². The number of benzene rings is 3. The predicted octanol–water partition coefficient (Wildman–Crippen LogP) is 6.36. The summed E-state index contributed by atoms with van der Waals surface area (Å²) in [5.74, 6) is 0. The van der Waals surface area contributed by atoms with Crippen molar-refractivity contribution in [1.82, 2.24) is 0 Å². The van der Waals surface area contributed by atoms with Crippen LogP contribution in [0.4, 0.5) is 0 Å². The number of hydrogen-bond acceptors (Lipinski definition) is 0. The van der Waals surface area contributed by atoms with E-state index in [1.165, 1.54) is 40.0 Å². The van der Waals surface area contributed by atoms with Crippen molar-refractivity contribution in [2.75, 3.05) is 0 Å². The minimum absolute atomic E-state index is 1.24. The molecule has 0 heterocycles. The molecule has 0 radical (unpaired) electrons. The fourth-order valence-corrected chi connectivity index (χ4v) is 19.3. The summed E-state index contributed by atoms with van der Waals surface area (Å²) in [7, 11) is 0.